The van der Waals surface area contributed by atoms with Gasteiger partial charge in [-0.15, -0.1) is 0 Å². The summed E-state index contributed by atoms with van der Waals surface area (Å²) >= 11 is 0. The van der Waals surface area contributed by atoms with E-state index in [0.717, 1.165) is 6.42 Å². The predicted octanol–water partition coefficient (Wildman–Crippen LogP) is 3.23. The van der Waals surface area contributed by atoms with Gasteiger partial charge >= 0.3 is 7.82 Å². The van der Waals surface area contributed by atoms with Crippen molar-refractivity contribution in [3.8, 4) is 5.75 Å². The Hall–Kier alpha value is -2.74. The third-order valence-electron chi connectivity index (χ3n) is 4.68. The van der Waals surface area contributed by atoms with Gasteiger partial charge in [0, 0.05) is 12.1 Å². The molecule has 0 aliphatic heterocycles. The minimum atomic E-state index is -4.71. The topological polar surface area (TPSA) is 131 Å². The van der Waals surface area contributed by atoms with Crippen LogP contribution < -0.4 is 15.8 Å². The summed E-state index contributed by atoms with van der Waals surface area (Å²) in [7, 11) is -4.71. The summed E-state index contributed by atoms with van der Waals surface area (Å²) in [5.41, 5.74) is 5.87. The lowest BCUT2D eigenvalue weighted by molar-refractivity contribution is -0.121. The van der Waals surface area contributed by atoms with E-state index in [1.54, 1.807) is 24.3 Å². The fourth-order valence-electron chi connectivity index (χ4n) is 2.98. The minimum Gasteiger partial charge on any atom is -0.493 e. The third kappa shape index (κ3) is 6.62. The molecule has 0 bridgehead atoms. The molecule has 1 atom stereocenters. The molecule has 0 aliphatic rings. The van der Waals surface area contributed by atoms with Gasteiger partial charge in [-0.25, -0.2) is 4.57 Å². The summed E-state index contributed by atoms with van der Waals surface area (Å²) in [6.45, 7) is 1.20. The Morgan fingerprint density at radius 2 is 1.74 bits per heavy atom. The normalized spacial score (nSPS) is 13.5. The molecule has 1 amide bonds. The van der Waals surface area contributed by atoms with Gasteiger partial charge in [0.15, 0.2) is 0 Å². The lowest BCUT2D eigenvalue weighted by atomic mass is 10.0. The number of hydrogen-bond donors (Lipinski definition) is 4. The standard InChI is InChI=1S/C22H25N2O6P/c1-22(23,15-30-31(26,27)28)21(25)24-18-9-11-19(12-10-18)29-14-13-17-7-4-6-16-5-2-3-8-20(16)17/h2-12H,13-15,23H2,1H3,(H,24,25)(H2,26,27,28)/t22-/m0/s1. The molecule has 0 spiro atoms. The Morgan fingerprint density at radius 1 is 1.06 bits per heavy atom. The maximum absolute atomic E-state index is 12.3. The first-order valence-electron chi connectivity index (χ1n) is 9.64. The second kappa shape index (κ2) is 9.60. The van der Waals surface area contributed by atoms with Crippen molar-refractivity contribution in [2.45, 2.75) is 18.9 Å². The Balaban J connectivity index is 1.53. The van der Waals surface area contributed by atoms with Gasteiger partial charge in [-0.2, -0.15) is 0 Å². The lowest BCUT2D eigenvalue weighted by Crippen LogP contribution is -2.52. The number of nitrogens with one attached hydrogen (secondary N) is 1. The Bertz CT molecular complexity index is 1090. The average molecular weight is 444 g/mol. The molecule has 31 heavy (non-hydrogen) atoms. The average Bonchev–Trinajstić information content (AvgIpc) is 2.73. The van der Waals surface area contributed by atoms with E-state index in [0.29, 0.717) is 18.0 Å². The molecule has 0 unspecified atom stereocenters. The number of carbonyl (C=O) groups is 1. The van der Waals surface area contributed by atoms with Gasteiger partial charge in [0.25, 0.3) is 0 Å². The molecule has 0 fully saturated rings. The van der Waals surface area contributed by atoms with Crippen molar-refractivity contribution in [1.29, 1.82) is 0 Å². The van der Waals surface area contributed by atoms with Crippen LogP contribution in [0.3, 0.4) is 0 Å². The van der Waals surface area contributed by atoms with Gasteiger partial charge in [0.1, 0.15) is 11.3 Å². The molecule has 3 rings (SSSR count). The number of nitrogens with two attached hydrogens (primary N) is 1. The molecule has 3 aromatic rings. The summed E-state index contributed by atoms with van der Waals surface area (Å²) in [4.78, 5) is 29.8. The zero-order chi connectivity index (χ0) is 22.5. The Kier molecular flexibility index (Phi) is 7.10. The van der Waals surface area contributed by atoms with Crippen molar-refractivity contribution in [1.82, 2.24) is 0 Å². The van der Waals surface area contributed by atoms with Crippen LogP contribution in [0.1, 0.15) is 12.5 Å². The number of ether oxygens (including phenoxy) is 1. The molecule has 8 nitrogen and oxygen atoms in total. The maximum Gasteiger partial charge on any atom is 0.469 e. The second-order valence-electron chi connectivity index (χ2n) is 7.40. The second-order valence-corrected chi connectivity index (χ2v) is 8.64. The van der Waals surface area contributed by atoms with Crippen molar-refractivity contribution in [2.24, 2.45) is 5.73 Å². The summed E-state index contributed by atoms with van der Waals surface area (Å²) in [6.07, 6.45) is 0.755. The largest absolute Gasteiger partial charge is 0.493 e. The molecular weight excluding hydrogens is 419 g/mol. The first-order valence-corrected chi connectivity index (χ1v) is 11.2. The molecule has 0 aromatic heterocycles. The highest BCUT2D eigenvalue weighted by atomic mass is 31.2. The van der Waals surface area contributed by atoms with Gasteiger partial charge in [-0.3, -0.25) is 9.32 Å². The van der Waals surface area contributed by atoms with Crippen LogP contribution in [0.4, 0.5) is 5.69 Å². The van der Waals surface area contributed by atoms with E-state index in [4.69, 9.17) is 20.3 Å². The number of amides is 1. The number of phosphoric ester groups is 1. The van der Waals surface area contributed by atoms with E-state index in [-0.39, 0.29) is 0 Å². The molecule has 164 valence electrons. The summed E-state index contributed by atoms with van der Waals surface area (Å²) in [5.74, 6) is 0.0177. The van der Waals surface area contributed by atoms with E-state index >= 15 is 0 Å². The highest BCUT2D eigenvalue weighted by molar-refractivity contribution is 7.46. The van der Waals surface area contributed by atoms with E-state index in [2.05, 4.69) is 34.1 Å². The molecule has 0 saturated heterocycles. The predicted molar refractivity (Wildman–Crippen MR) is 119 cm³/mol. The van der Waals surface area contributed by atoms with Crippen molar-refractivity contribution in [3.05, 3.63) is 72.3 Å². The van der Waals surface area contributed by atoms with Crippen LogP contribution in [0.2, 0.25) is 0 Å². The van der Waals surface area contributed by atoms with Crippen LogP contribution in [0.5, 0.6) is 5.75 Å². The van der Waals surface area contributed by atoms with E-state index in [1.807, 2.05) is 18.2 Å². The highest BCUT2D eigenvalue weighted by Gasteiger charge is 2.32. The number of phosphoric acid groups is 1. The number of carbonyl (C=O) groups excluding carboxylic acids is 1. The summed E-state index contributed by atoms with van der Waals surface area (Å²) < 4.78 is 21.0. The fourth-order valence-corrected chi connectivity index (χ4v) is 3.42. The summed E-state index contributed by atoms with van der Waals surface area (Å²) in [5, 5.41) is 5.00. The first kappa shape index (κ1) is 22.9. The zero-order valence-corrected chi connectivity index (χ0v) is 17.9. The Morgan fingerprint density at radius 3 is 2.45 bits per heavy atom. The molecule has 0 heterocycles. The third-order valence-corrected chi connectivity index (χ3v) is 5.15. The van der Waals surface area contributed by atoms with Gasteiger partial charge in [-0.1, -0.05) is 42.5 Å². The molecule has 3 aromatic carbocycles. The van der Waals surface area contributed by atoms with Gasteiger partial charge in [-0.05, 0) is 47.5 Å². The van der Waals surface area contributed by atoms with Crippen LogP contribution in [0.15, 0.2) is 66.7 Å². The van der Waals surface area contributed by atoms with E-state index in [9.17, 15) is 9.36 Å². The van der Waals surface area contributed by atoms with Crippen LogP contribution in [0.25, 0.3) is 10.8 Å². The quantitative estimate of drug-likeness (QED) is 0.373. The van der Waals surface area contributed by atoms with Gasteiger partial charge in [0.2, 0.25) is 5.91 Å². The van der Waals surface area contributed by atoms with Crippen LogP contribution >= 0.6 is 7.82 Å². The first-order chi connectivity index (χ1) is 14.6. The minimum absolute atomic E-state index is 0.472. The van der Waals surface area contributed by atoms with Crippen molar-refractivity contribution in [2.75, 3.05) is 18.5 Å². The van der Waals surface area contributed by atoms with E-state index in [1.165, 1.54) is 23.3 Å². The zero-order valence-electron chi connectivity index (χ0n) is 17.0. The number of anilines is 1. The molecule has 9 heteroatoms. The highest BCUT2D eigenvalue weighted by Crippen LogP contribution is 2.36. The van der Waals surface area contributed by atoms with Crippen LogP contribution in [0, 0.1) is 0 Å². The SMILES string of the molecule is C[C@](N)(COP(=O)(O)O)C(=O)Nc1ccc(OCCc2cccc3ccccc23)cc1. The molecule has 0 saturated carbocycles. The van der Waals surface area contributed by atoms with Crippen LogP contribution in [-0.4, -0.2) is 34.4 Å². The monoisotopic (exact) mass is 444 g/mol. The lowest BCUT2D eigenvalue weighted by Gasteiger charge is -2.23. The van der Waals surface area contributed by atoms with Crippen molar-refractivity contribution < 1.29 is 28.4 Å². The number of benzene rings is 3. The van der Waals surface area contributed by atoms with Crippen molar-refractivity contribution in [3.63, 3.8) is 0 Å². The van der Waals surface area contributed by atoms with Gasteiger partial charge in [0.05, 0.1) is 13.2 Å². The van der Waals surface area contributed by atoms with Gasteiger partial charge < -0.3 is 25.6 Å². The Labute approximate surface area is 180 Å². The van der Waals surface area contributed by atoms with Crippen molar-refractivity contribution >= 4 is 30.2 Å². The molecular formula is C22H25N2O6P. The number of hydrogen-bond acceptors (Lipinski definition) is 5. The molecule has 0 radical (unpaired) electrons. The number of fused-ring (bicyclic) bond motifs is 1. The fraction of sp³-hybridized carbons (Fsp3) is 0.227. The maximum atomic E-state index is 12.3. The molecule has 0 aliphatic carbocycles. The van der Waals surface area contributed by atoms with E-state index < -0.39 is 25.9 Å². The number of rotatable bonds is 9. The molecule has 5 N–H and O–H groups in total. The smallest absolute Gasteiger partial charge is 0.469 e. The van der Waals surface area contributed by atoms with Crippen LogP contribution in [-0.2, 0) is 20.3 Å². The summed E-state index contributed by atoms with van der Waals surface area (Å²) in [6, 6.07) is 21.2.